The molecule has 1 fully saturated rings. The smallest absolute Gasteiger partial charge is 0.414 e. The van der Waals surface area contributed by atoms with Gasteiger partial charge < -0.3 is 10.1 Å². The van der Waals surface area contributed by atoms with Gasteiger partial charge in [-0.1, -0.05) is 47.7 Å². The fourth-order valence-corrected chi connectivity index (χ4v) is 4.03. The molecular weight excluding hydrogens is 465 g/mol. The molecule has 1 aromatic heterocycles. The third-order valence-electron chi connectivity index (χ3n) is 5.90. The molecule has 0 aliphatic carbocycles. The molecule has 0 saturated carbocycles. The Hall–Kier alpha value is -4.60. The molecule has 1 aliphatic heterocycles. The largest absolute Gasteiger partial charge is 0.442 e. The van der Waals surface area contributed by atoms with E-state index in [1.165, 1.54) is 21.7 Å². The number of para-hydroxylation sites is 1. The Labute approximate surface area is 205 Å². The SMILES string of the molecule is O=C(CCC(=O)c1ccccc1)NC[C@H]1CN(c2ccc(-n3nnc4ccccc43)c(F)c2)C(=O)O1. The summed E-state index contributed by atoms with van der Waals surface area (Å²) in [5, 5.41) is 10.8. The Kier molecular flexibility index (Phi) is 6.40. The number of aromatic nitrogens is 3. The minimum Gasteiger partial charge on any atom is -0.442 e. The number of Topliss-reactive ketones (excluding diaryl/α,β-unsaturated/α-hetero) is 1. The van der Waals surface area contributed by atoms with Crippen LogP contribution in [0.25, 0.3) is 16.7 Å². The number of rotatable bonds is 8. The Morgan fingerprint density at radius 1 is 1.03 bits per heavy atom. The number of nitrogens with one attached hydrogen (secondary N) is 1. The molecule has 0 bridgehead atoms. The molecule has 1 N–H and O–H groups in total. The van der Waals surface area contributed by atoms with E-state index in [-0.39, 0.29) is 43.3 Å². The Morgan fingerprint density at radius 3 is 2.61 bits per heavy atom. The summed E-state index contributed by atoms with van der Waals surface area (Å²) < 4.78 is 21.7. The van der Waals surface area contributed by atoms with Gasteiger partial charge in [0.1, 0.15) is 17.3 Å². The third-order valence-corrected chi connectivity index (χ3v) is 5.90. The lowest BCUT2D eigenvalue weighted by atomic mass is 10.1. The van der Waals surface area contributed by atoms with Crippen molar-refractivity contribution in [1.29, 1.82) is 0 Å². The zero-order chi connectivity index (χ0) is 25.1. The molecule has 0 unspecified atom stereocenters. The van der Waals surface area contributed by atoms with Crippen molar-refractivity contribution < 1.29 is 23.5 Å². The second-order valence-electron chi connectivity index (χ2n) is 8.34. The number of fused-ring (bicyclic) bond motifs is 1. The number of amides is 2. The van der Waals surface area contributed by atoms with E-state index in [0.717, 1.165) is 0 Å². The van der Waals surface area contributed by atoms with Crippen LogP contribution in [0.15, 0.2) is 72.8 Å². The number of halogens is 1. The number of benzene rings is 3. The highest BCUT2D eigenvalue weighted by Gasteiger charge is 2.33. The van der Waals surface area contributed by atoms with E-state index in [1.807, 2.05) is 18.2 Å². The minimum atomic E-state index is -0.633. The van der Waals surface area contributed by atoms with Crippen LogP contribution in [0.3, 0.4) is 0 Å². The van der Waals surface area contributed by atoms with Gasteiger partial charge in [-0.3, -0.25) is 14.5 Å². The van der Waals surface area contributed by atoms with Crippen LogP contribution in [-0.4, -0.2) is 52.0 Å². The number of carbonyl (C=O) groups is 3. The van der Waals surface area contributed by atoms with E-state index in [0.29, 0.717) is 22.3 Å². The molecule has 0 radical (unpaired) electrons. The summed E-state index contributed by atoms with van der Waals surface area (Å²) in [7, 11) is 0. The van der Waals surface area contributed by atoms with Gasteiger partial charge in [0, 0.05) is 18.4 Å². The monoisotopic (exact) mass is 487 g/mol. The summed E-state index contributed by atoms with van der Waals surface area (Å²) in [6, 6.07) is 20.3. The number of ether oxygens (including phenoxy) is 1. The first-order chi connectivity index (χ1) is 17.5. The summed E-state index contributed by atoms with van der Waals surface area (Å²) >= 11 is 0. The molecule has 182 valence electrons. The minimum absolute atomic E-state index is 0.0295. The maximum Gasteiger partial charge on any atom is 0.414 e. The lowest BCUT2D eigenvalue weighted by Crippen LogP contribution is -2.34. The number of anilines is 1. The maximum absolute atomic E-state index is 15.0. The van der Waals surface area contributed by atoms with Crippen molar-refractivity contribution in [3.8, 4) is 5.69 Å². The summed E-state index contributed by atoms with van der Waals surface area (Å²) in [4.78, 5) is 38.0. The van der Waals surface area contributed by atoms with Crippen LogP contribution >= 0.6 is 0 Å². The van der Waals surface area contributed by atoms with Gasteiger partial charge in [0.05, 0.1) is 24.3 Å². The van der Waals surface area contributed by atoms with E-state index in [1.54, 1.807) is 42.5 Å². The summed E-state index contributed by atoms with van der Waals surface area (Å²) in [5.74, 6) is -1.01. The van der Waals surface area contributed by atoms with Crippen molar-refractivity contribution in [2.24, 2.45) is 0 Å². The fourth-order valence-electron chi connectivity index (χ4n) is 4.03. The molecule has 4 aromatic rings. The van der Waals surface area contributed by atoms with Crippen molar-refractivity contribution in [2.45, 2.75) is 18.9 Å². The van der Waals surface area contributed by atoms with Crippen molar-refractivity contribution in [2.75, 3.05) is 18.0 Å². The number of ketones is 1. The van der Waals surface area contributed by atoms with Crippen molar-refractivity contribution in [3.63, 3.8) is 0 Å². The average Bonchev–Trinajstić information content (AvgIpc) is 3.50. The molecule has 10 heteroatoms. The van der Waals surface area contributed by atoms with Gasteiger partial charge in [-0.2, -0.15) is 0 Å². The first-order valence-electron chi connectivity index (χ1n) is 11.4. The summed E-state index contributed by atoms with van der Waals surface area (Å²) in [6.07, 6.45) is -1.12. The van der Waals surface area contributed by atoms with Crippen LogP contribution in [0.1, 0.15) is 23.2 Å². The topological polar surface area (TPSA) is 106 Å². The van der Waals surface area contributed by atoms with Gasteiger partial charge in [-0.15, -0.1) is 5.10 Å². The van der Waals surface area contributed by atoms with Gasteiger partial charge in [-0.05, 0) is 30.3 Å². The highest BCUT2D eigenvalue weighted by molar-refractivity contribution is 5.98. The van der Waals surface area contributed by atoms with Crippen molar-refractivity contribution >= 4 is 34.5 Å². The molecule has 3 aromatic carbocycles. The molecule has 36 heavy (non-hydrogen) atoms. The van der Waals surface area contributed by atoms with Crippen molar-refractivity contribution in [1.82, 2.24) is 20.3 Å². The molecular formula is C26H22FN5O4. The molecule has 0 spiro atoms. The van der Waals surface area contributed by atoms with Gasteiger partial charge in [0.15, 0.2) is 11.6 Å². The molecule has 1 saturated heterocycles. The zero-order valence-corrected chi connectivity index (χ0v) is 19.1. The Morgan fingerprint density at radius 2 is 1.81 bits per heavy atom. The first-order valence-corrected chi connectivity index (χ1v) is 11.4. The number of cyclic esters (lactones) is 1. The number of carbonyl (C=O) groups excluding carboxylic acids is 3. The Bertz CT molecular complexity index is 1440. The molecule has 2 heterocycles. The van der Waals surface area contributed by atoms with Crippen LogP contribution < -0.4 is 10.2 Å². The van der Waals surface area contributed by atoms with E-state index in [4.69, 9.17) is 4.74 Å². The van der Waals surface area contributed by atoms with E-state index in [9.17, 15) is 18.8 Å². The van der Waals surface area contributed by atoms with E-state index >= 15 is 0 Å². The van der Waals surface area contributed by atoms with Gasteiger partial charge in [0.25, 0.3) is 0 Å². The quantitative estimate of drug-likeness (QED) is 0.380. The average molecular weight is 487 g/mol. The normalized spacial score (nSPS) is 15.2. The predicted octanol–water partition coefficient (Wildman–Crippen LogP) is 3.66. The highest BCUT2D eigenvalue weighted by atomic mass is 19.1. The van der Waals surface area contributed by atoms with E-state index < -0.39 is 18.0 Å². The number of hydrogen-bond acceptors (Lipinski definition) is 6. The second-order valence-corrected chi connectivity index (χ2v) is 8.34. The van der Waals surface area contributed by atoms with Crippen LogP contribution in [0.2, 0.25) is 0 Å². The summed E-state index contributed by atoms with van der Waals surface area (Å²) in [5.41, 5.74) is 2.38. The maximum atomic E-state index is 15.0. The van der Waals surface area contributed by atoms with Crippen LogP contribution in [-0.2, 0) is 9.53 Å². The molecule has 9 nitrogen and oxygen atoms in total. The van der Waals surface area contributed by atoms with Crippen molar-refractivity contribution in [3.05, 3.63) is 84.2 Å². The van der Waals surface area contributed by atoms with Gasteiger partial charge >= 0.3 is 6.09 Å². The summed E-state index contributed by atoms with van der Waals surface area (Å²) in [6.45, 7) is 0.235. The van der Waals surface area contributed by atoms with Crippen LogP contribution in [0, 0.1) is 5.82 Å². The third kappa shape index (κ3) is 4.78. The van der Waals surface area contributed by atoms with E-state index in [2.05, 4.69) is 15.6 Å². The second kappa shape index (κ2) is 9.95. The first kappa shape index (κ1) is 23.2. The zero-order valence-electron chi connectivity index (χ0n) is 19.1. The number of hydrogen-bond donors (Lipinski definition) is 1. The molecule has 1 aliphatic rings. The van der Waals surface area contributed by atoms with Crippen LogP contribution in [0.5, 0.6) is 0 Å². The van der Waals surface area contributed by atoms with Gasteiger partial charge in [-0.25, -0.2) is 13.9 Å². The molecule has 1 atom stereocenters. The highest BCUT2D eigenvalue weighted by Crippen LogP contribution is 2.26. The Balaban J connectivity index is 1.17. The molecule has 2 amide bonds. The lowest BCUT2D eigenvalue weighted by Gasteiger charge is -2.14. The van der Waals surface area contributed by atoms with Gasteiger partial charge in [0.2, 0.25) is 5.91 Å². The fraction of sp³-hybridized carbons (Fsp3) is 0.192. The lowest BCUT2D eigenvalue weighted by molar-refractivity contribution is -0.121. The predicted molar refractivity (Wildman–Crippen MR) is 129 cm³/mol. The van der Waals surface area contributed by atoms with Crippen LogP contribution in [0.4, 0.5) is 14.9 Å². The standard InChI is InChI=1S/C26H22FN5O4/c27-20-14-18(10-11-22(20)32-23-9-5-4-8-21(23)29-30-32)31-16-19(36-26(31)35)15-28-25(34)13-12-24(33)17-6-2-1-3-7-17/h1-11,14,19H,12-13,15-16H2,(H,28,34)/t19-/m0/s1. The molecule has 5 rings (SSSR count). The number of nitrogens with zero attached hydrogens (tertiary/aromatic N) is 4.